The molecule has 212 valence electrons. The summed E-state index contributed by atoms with van der Waals surface area (Å²) >= 11 is 1.74. The Balaban J connectivity index is 1.47. The van der Waals surface area contributed by atoms with Crippen LogP contribution in [0.25, 0.3) is 0 Å². The standard InChI is InChI=1S/C29H46N4O4S/c1-29(2,3)37-28(36)30-18-26(34)32-25(21-38-20-23-12-8-5-9-13-23)27(35)31-24-14-16-33(17-15-24)19-22-10-6-4-7-11-22/h4,6-7,10-11,23-25H,5,8-9,12-21H2,1-3H3,(H,30,36)(H,31,35)(H,32,34). The third kappa shape index (κ3) is 11.6. The number of amides is 3. The summed E-state index contributed by atoms with van der Waals surface area (Å²) in [5, 5.41) is 8.52. The fraction of sp³-hybridized carbons (Fsp3) is 0.690. The first-order valence-corrected chi connectivity index (χ1v) is 15.2. The number of hydrogen-bond donors (Lipinski definition) is 3. The van der Waals surface area contributed by atoms with Gasteiger partial charge in [-0.15, -0.1) is 0 Å². The third-order valence-corrected chi connectivity index (χ3v) is 8.27. The minimum atomic E-state index is -0.650. The van der Waals surface area contributed by atoms with E-state index in [2.05, 4.69) is 45.1 Å². The van der Waals surface area contributed by atoms with Gasteiger partial charge in [0.25, 0.3) is 0 Å². The Morgan fingerprint density at radius 2 is 1.71 bits per heavy atom. The van der Waals surface area contributed by atoms with E-state index in [1.54, 1.807) is 32.5 Å². The Kier molecular flexibility index (Phi) is 12.2. The number of rotatable bonds is 11. The van der Waals surface area contributed by atoms with Crippen molar-refractivity contribution in [2.45, 2.75) is 89.9 Å². The van der Waals surface area contributed by atoms with Crippen LogP contribution in [0.15, 0.2) is 30.3 Å². The lowest BCUT2D eigenvalue weighted by molar-refractivity contribution is -0.128. The fourth-order valence-corrected chi connectivity index (χ4v) is 6.25. The highest BCUT2D eigenvalue weighted by molar-refractivity contribution is 7.99. The summed E-state index contributed by atoms with van der Waals surface area (Å²) in [4.78, 5) is 40.2. The van der Waals surface area contributed by atoms with Gasteiger partial charge >= 0.3 is 6.09 Å². The summed E-state index contributed by atoms with van der Waals surface area (Å²) in [6, 6.07) is 9.89. The predicted octanol–water partition coefficient (Wildman–Crippen LogP) is 4.09. The summed E-state index contributed by atoms with van der Waals surface area (Å²) in [5.74, 6) is 1.68. The number of piperidine rings is 1. The molecule has 3 amide bonds. The zero-order chi connectivity index (χ0) is 27.4. The van der Waals surface area contributed by atoms with Crippen LogP contribution in [0.5, 0.6) is 0 Å². The second-order valence-corrected chi connectivity index (χ2v) is 12.6. The lowest BCUT2D eigenvalue weighted by Gasteiger charge is -2.33. The van der Waals surface area contributed by atoms with E-state index < -0.39 is 23.6 Å². The van der Waals surface area contributed by atoms with Gasteiger partial charge in [0.2, 0.25) is 11.8 Å². The van der Waals surface area contributed by atoms with Gasteiger partial charge in [-0.05, 0) is 63.7 Å². The molecule has 8 nitrogen and oxygen atoms in total. The maximum atomic E-state index is 13.3. The van der Waals surface area contributed by atoms with E-state index in [1.165, 1.54) is 37.7 Å². The molecule has 1 saturated heterocycles. The minimum absolute atomic E-state index is 0.0946. The van der Waals surface area contributed by atoms with Crippen molar-refractivity contribution < 1.29 is 19.1 Å². The van der Waals surface area contributed by atoms with E-state index in [0.29, 0.717) is 11.7 Å². The number of hydrogen-bond acceptors (Lipinski definition) is 6. The molecule has 3 rings (SSSR count). The summed E-state index contributed by atoms with van der Waals surface area (Å²) in [6.07, 6.45) is 7.49. The number of likely N-dealkylation sites (tertiary alicyclic amines) is 1. The van der Waals surface area contributed by atoms with Gasteiger partial charge in [-0.3, -0.25) is 14.5 Å². The molecule has 1 unspecified atom stereocenters. The number of nitrogens with zero attached hydrogens (tertiary/aromatic N) is 1. The molecule has 38 heavy (non-hydrogen) atoms. The van der Waals surface area contributed by atoms with Crippen LogP contribution in [-0.2, 0) is 20.9 Å². The van der Waals surface area contributed by atoms with Gasteiger partial charge in [-0.2, -0.15) is 11.8 Å². The molecule has 1 heterocycles. The summed E-state index contributed by atoms with van der Waals surface area (Å²) < 4.78 is 5.20. The number of alkyl carbamates (subject to hydrolysis) is 1. The Hall–Kier alpha value is -2.26. The van der Waals surface area contributed by atoms with Crippen molar-refractivity contribution in [3.63, 3.8) is 0 Å². The molecule has 1 aliphatic heterocycles. The van der Waals surface area contributed by atoms with Gasteiger partial charge in [-0.25, -0.2) is 4.79 Å². The lowest BCUT2D eigenvalue weighted by Crippen LogP contribution is -2.54. The predicted molar refractivity (Wildman–Crippen MR) is 153 cm³/mol. The first-order valence-electron chi connectivity index (χ1n) is 14.1. The Bertz CT molecular complexity index is 878. The second kappa shape index (κ2) is 15.4. The van der Waals surface area contributed by atoms with Crippen LogP contribution in [0.2, 0.25) is 0 Å². The van der Waals surface area contributed by atoms with Crippen LogP contribution in [0, 0.1) is 5.92 Å². The number of ether oxygens (including phenoxy) is 1. The Labute approximate surface area is 232 Å². The number of nitrogens with one attached hydrogen (secondary N) is 3. The highest BCUT2D eigenvalue weighted by atomic mass is 32.2. The van der Waals surface area contributed by atoms with Gasteiger partial charge in [0.05, 0.1) is 0 Å². The minimum Gasteiger partial charge on any atom is -0.444 e. The van der Waals surface area contributed by atoms with Crippen LogP contribution in [0.1, 0.15) is 71.3 Å². The maximum absolute atomic E-state index is 13.3. The highest BCUT2D eigenvalue weighted by Gasteiger charge is 2.27. The molecule has 1 aromatic carbocycles. The lowest BCUT2D eigenvalue weighted by atomic mass is 9.91. The smallest absolute Gasteiger partial charge is 0.408 e. The van der Waals surface area contributed by atoms with Crippen LogP contribution in [0.3, 0.4) is 0 Å². The van der Waals surface area contributed by atoms with Crippen LogP contribution in [-0.4, -0.2) is 71.6 Å². The van der Waals surface area contributed by atoms with Crippen LogP contribution >= 0.6 is 11.8 Å². The first kappa shape index (κ1) is 30.3. The van der Waals surface area contributed by atoms with Gasteiger partial charge in [0, 0.05) is 31.4 Å². The van der Waals surface area contributed by atoms with Crippen molar-refractivity contribution in [2.75, 3.05) is 31.1 Å². The fourth-order valence-electron chi connectivity index (χ4n) is 4.98. The van der Waals surface area contributed by atoms with E-state index in [0.717, 1.165) is 38.2 Å². The van der Waals surface area contributed by atoms with Crippen molar-refractivity contribution in [1.29, 1.82) is 0 Å². The molecule has 2 aliphatic rings. The average Bonchev–Trinajstić information content (AvgIpc) is 2.88. The first-order chi connectivity index (χ1) is 18.2. The molecule has 1 aliphatic carbocycles. The molecule has 0 aromatic heterocycles. The number of carbonyl (C=O) groups is 3. The van der Waals surface area contributed by atoms with E-state index in [1.807, 2.05) is 6.07 Å². The van der Waals surface area contributed by atoms with Crippen molar-refractivity contribution in [2.24, 2.45) is 5.92 Å². The quantitative estimate of drug-likeness (QED) is 0.387. The van der Waals surface area contributed by atoms with Crippen LogP contribution < -0.4 is 16.0 Å². The zero-order valence-corrected chi connectivity index (χ0v) is 24.1. The van der Waals surface area contributed by atoms with Gasteiger partial charge < -0.3 is 20.7 Å². The van der Waals surface area contributed by atoms with Crippen molar-refractivity contribution in [3.05, 3.63) is 35.9 Å². The third-order valence-electron chi connectivity index (χ3n) is 6.99. The number of thioether (sulfide) groups is 1. The monoisotopic (exact) mass is 546 g/mol. The molecule has 0 bridgehead atoms. The normalized spacial score (nSPS) is 18.4. The summed E-state index contributed by atoms with van der Waals surface area (Å²) in [6.45, 7) is 7.83. The topological polar surface area (TPSA) is 99.8 Å². The molecule has 2 fully saturated rings. The molecule has 0 spiro atoms. The van der Waals surface area contributed by atoms with E-state index in [9.17, 15) is 14.4 Å². The SMILES string of the molecule is CC(C)(C)OC(=O)NCC(=O)NC(CSCC1CCCCC1)C(=O)NC1CCN(Cc2ccccc2)CC1. The van der Waals surface area contributed by atoms with E-state index in [4.69, 9.17) is 4.74 Å². The molecule has 1 saturated carbocycles. The number of carbonyl (C=O) groups excluding carboxylic acids is 3. The Morgan fingerprint density at radius 1 is 1.03 bits per heavy atom. The van der Waals surface area contributed by atoms with Crippen molar-refractivity contribution in [3.8, 4) is 0 Å². The molecule has 0 radical (unpaired) electrons. The molecule has 3 N–H and O–H groups in total. The molecule has 9 heteroatoms. The van der Waals surface area contributed by atoms with Crippen molar-refractivity contribution in [1.82, 2.24) is 20.9 Å². The molecule has 1 atom stereocenters. The summed E-state index contributed by atoms with van der Waals surface area (Å²) in [7, 11) is 0. The van der Waals surface area contributed by atoms with Crippen LogP contribution in [0.4, 0.5) is 4.79 Å². The van der Waals surface area contributed by atoms with E-state index >= 15 is 0 Å². The zero-order valence-electron chi connectivity index (χ0n) is 23.3. The molecule has 1 aromatic rings. The van der Waals surface area contributed by atoms with Gasteiger partial charge in [0.15, 0.2) is 0 Å². The Morgan fingerprint density at radius 3 is 2.37 bits per heavy atom. The van der Waals surface area contributed by atoms with E-state index in [-0.39, 0.29) is 18.5 Å². The second-order valence-electron chi connectivity index (χ2n) is 11.6. The molecular weight excluding hydrogens is 500 g/mol. The number of benzene rings is 1. The van der Waals surface area contributed by atoms with Crippen molar-refractivity contribution >= 4 is 29.7 Å². The largest absolute Gasteiger partial charge is 0.444 e. The summed E-state index contributed by atoms with van der Waals surface area (Å²) in [5.41, 5.74) is 0.655. The average molecular weight is 547 g/mol. The highest BCUT2D eigenvalue weighted by Crippen LogP contribution is 2.27. The molecular formula is C29H46N4O4S. The maximum Gasteiger partial charge on any atom is 0.408 e. The van der Waals surface area contributed by atoms with Gasteiger partial charge in [0.1, 0.15) is 18.2 Å². The van der Waals surface area contributed by atoms with Gasteiger partial charge in [-0.1, -0.05) is 49.6 Å².